The molecule has 0 atom stereocenters. The third kappa shape index (κ3) is 3.32. The van der Waals surface area contributed by atoms with E-state index in [0.29, 0.717) is 0 Å². The summed E-state index contributed by atoms with van der Waals surface area (Å²) in [5.41, 5.74) is 0. The van der Waals surface area contributed by atoms with E-state index in [1.807, 2.05) is 0 Å². The molecule has 0 aliphatic carbocycles. The molecule has 0 unspecified atom stereocenters. The van der Waals surface area contributed by atoms with Crippen molar-refractivity contribution in [2.75, 3.05) is 5.75 Å². The Bertz CT molecular complexity index is 458. The molecule has 3 nitrogen and oxygen atoms in total. The van der Waals surface area contributed by atoms with Crippen LogP contribution in [0, 0.1) is 0 Å². The number of allylic oxidation sites excluding steroid dienone is 2. The van der Waals surface area contributed by atoms with Gasteiger partial charge in [-0.2, -0.15) is 0 Å². The summed E-state index contributed by atoms with van der Waals surface area (Å²) in [4.78, 5) is 11.3. The van der Waals surface area contributed by atoms with Gasteiger partial charge < -0.3 is 0 Å². The van der Waals surface area contributed by atoms with Crippen LogP contribution < -0.4 is 0 Å². The van der Waals surface area contributed by atoms with E-state index >= 15 is 0 Å². The topological polar surface area (TPSA) is 51.2 Å². The molecule has 0 spiro atoms. The molecule has 0 saturated carbocycles. The van der Waals surface area contributed by atoms with Gasteiger partial charge in [-0.05, 0) is 25.1 Å². The Hall–Kier alpha value is -1.42. The summed E-state index contributed by atoms with van der Waals surface area (Å²) in [6, 6.07) is 7.96. The van der Waals surface area contributed by atoms with Gasteiger partial charge in [-0.25, -0.2) is 8.42 Å². The Morgan fingerprint density at radius 2 is 1.87 bits per heavy atom. The molecular formula is C11H12O3S. The first-order valence-electron chi connectivity index (χ1n) is 4.49. The lowest BCUT2D eigenvalue weighted by Crippen LogP contribution is -2.14. The molecule has 4 heteroatoms. The zero-order chi connectivity index (χ0) is 11.3. The Morgan fingerprint density at radius 3 is 2.40 bits per heavy atom. The maximum absolute atomic E-state index is 11.7. The maximum atomic E-state index is 11.7. The number of benzene rings is 1. The fourth-order valence-corrected chi connectivity index (χ4v) is 2.34. The molecule has 1 aromatic carbocycles. The molecule has 0 saturated heterocycles. The van der Waals surface area contributed by atoms with Crippen LogP contribution in [0.4, 0.5) is 0 Å². The van der Waals surface area contributed by atoms with E-state index in [2.05, 4.69) is 0 Å². The molecule has 15 heavy (non-hydrogen) atoms. The lowest BCUT2D eigenvalue weighted by molar-refractivity contribution is -0.112. The van der Waals surface area contributed by atoms with E-state index in [1.54, 1.807) is 25.1 Å². The number of sulfone groups is 1. The molecule has 0 N–H and O–H groups in total. The highest BCUT2D eigenvalue weighted by molar-refractivity contribution is 7.92. The molecule has 0 bridgehead atoms. The SMILES string of the molecule is C/C=C/C(=O)CS(=O)(=O)c1ccccc1. The molecule has 0 amide bonds. The van der Waals surface area contributed by atoms with Crippen LogP contribution >= 0.6 is 0 Å². The van der Waals surface area contributed by atoms with Gasteiger partial charge in [0.05, 0.1) is 4.90 Å². The number of rotatable bonds is 4. The first-order chi connectivity index (χ1) is 7.06. The predicted molar refractivity (Wildman–Crippen MR) is 58.3 cm³/mol. The van der Waals surface area contributed by atoms with E-state index in [4.69, 9.17) is 0 Å². The molecule has 0 fully saturated rings. The fraction of sp³-hybridized carbons (Fsp3) is 0.182. The van der Waals surface area contributed by atoms with Gasteiger partial charge in [0, 0.05) is 0 Å². The van der Waals surface area contributed by atoms with E-state index in [1.165, 1.54) is 24.3 Å². The van der Waals surface area contributed by atoms with Crippen molar-refractivity contribution in [1.29, 1.82) is 0 Å². The second kappa shape index (κ2) is 4.89. The smallest absolute Gasteiger partial charge is 0.185 e. The van der Waals surface area contributed by atoms with Crippen LogP contribution in [-0.2, 0) is 14.6 Å². The Balaban J connectivity index is 2.91. The van der Waals surface area contributed by atoms with Crippen LogP contribution in [0.25, 0.3) is 0 Å². The second-order valence-electron chi connectivity index (χ2n) is 3.04. The van der Waals surface area contributed by atoms with Gasteiger partial charge >= 0.3 is 0 Å². The minimum atomic E-state index is -3.48. The molecule has 1 rings (SSSR count). The van der Waals surface area contributed by atoms with Crippen LogP contribution in [0.1, 0.15) is 6.92 Å². The van der Waals surface area contributed by atoms with Crippen molar-refractivity contribution in [1.82, 2.24) is 0 Å². The highest BCUT2D eigenvalue weighted by Gasteiger charge is 2.16. The molecule has 0 aliphatic heterocycles. The average Bonchev–Trinajstić information content (AvgIpc) is 2.18. The summed E-state index contributed by atoms with van der Waals surface area (Å²) in [5, 5.41) is 0. The van der Waals surface area contributed by atoms with Crippen molar-refractivity contribution >= 4 is 15.6 Å². The number of hydrogen-bond acceptors (Lipinski definition) is 3. The normalized spacial score (nSPS) is 11.8. The van der Waals surface area contributed by atoms with Gasteiger partial charge in [0.2, 0.25) is 0 Å². The number of carbonyl (C=O) groups is 1. The van der Waals surface area contributed by atoms with Gasteiger partial charge in [-0.15, -0.1) is 0 Å². The molecular weight excluding hydrogens is 212 g/mol. The maximum Gasteiger partial charge on any atom is 0.185 e. The first kappa shape index (κ1) is 11.7. The molecule has 0 aliphatic rings. The summed E-state index contributed by atoms with van der Waals surface area (Å²) in [5.74, 6) is -0.872. The van der Waals surface area contributed by atoms with E-state index in [-0.39, 0.29) is 4.90 Å². The van der Waals surface area contributed by atoms with Crippen LogP contribution in [0.15, 0.2) is 47.4 Å². The van der Waals surface area contributed by atoms with Crippen molar-refractivity contribution in [2.24, 2.45) is 0 Å². The summed E-state index contributed by atoms with van der Waals surface area (Å²) in [7, 11) is -3.48. The Morgan fingerprint density at radius 1 is 1.27 bits per heavy atom. The summed E-state index contributed by atoms with van der Waals surface area (Å²) < 4.78 is 23.3. The van der Waals surface area contributed by atoms with Crippen molar-refractivity contribution in [3.63, 3.8) is 0 Å². The van der Waals surface area contributed by atoms with Gasteiger partial charge in [0.1, 0.15) is 5.75 Å². The standard InChI is InChI=1S/C11H12O3S/c1-2-6-10(12)9-15(13,14)11-7-4-3-5-8-11/h2-8H,9H2,1H3/b6-2+. The molecule has 0 heterocycles. The Labute approximate surface area is 89.4 Å². The number of carbonyl (C=O) groups excluding carboxylic acids is 1. The van der Waals surface area contributed by atoms with Gasteiger partial charge in [-0.1, -0.05) is 24.3 Å². The largest absolute Gasteiger partial charge is 0.294 e. The average molecular weight is 224 g/mol. The van der Waals surface area contributed by atoms with Crippen LogP contribution in [0.2, 0.25) is 0 Å². The first-order valence-corrected chi connectivity index (χ1v) is 6.15. The van der Waals surface area contributed by atoms with Crippen LogP contribution in [0.5, 0.6) is 0 Å². The number of ketones is 1. The lowest BCUT2D eigenvalue weighted by atomic mass is 10.4. The highest BCUT2D eigenvalue weighted by atomic mass is 32.2. The number of hydrogen-bond donors (Lipinski definition) is 0. The highest BCUT2D eigenvalue weighted by Crippen LogP contribution is 2.10. The van der Waals surface area contributed by atoms with E-state index < -0.39 is 21.4 Å². The van der Waals surface area contributed by atoms with Gasteiger partial charge in [0.25, 0.3) is 0 Å². The van der Waals surface area contributed by atoms with Crippen LogP contribution in [0.3, 0.4) is 0 Å². The van der Waals surface area contributed by atoms with E-state index in [0.717, 1.165) is 0 Å². The van der Waals surface area contributed by atoms with Crippen molar-refractivity contribution < 1.29 is 13.2 Å². The third-order valence-corrected chi connectivity index (χ3v) is 3.44. The molecule has 0 aromatic heterocycles. The monoisotopic (exact) mass is 224 g/mol. The second-order valence-corrected chi connectivity index (χ2v) is 5.03. The summed E-state index contributed by atoms with van der Waals surface area (Å²) in [6.07, 6.45) is 2.79. The quantitative estimate of drug-likeness (QED) is 0.730. The summed E-state index contributed by atoms with van der Waals surface area (Å²) in [6.45, 7) is 1.67. The predicted octanol–water partition coefficient (Wildman–Crippen LogP) is 1.61. The molecule has 0 radical (unpaired) electrons. The molecule has 80 valence electrons. The van der Waals surface area contributed by atoms with Crippen molar-refractivity contribution in [2.45, 2.75) is 11.8 Å². The fourth-order valence-electron chi connectivity index (χ4n) is 1.13. The van der Waals surface area contributed by atoms with E-state index in [9.17, 15) is 13.2 Å². The zero-order valence-electron chi connectivity index (χ0n) is 8.38. The lowest BCUT2D eigenvalue weighted by Gasteiger charge is -2.00. The Kier molecular flexibility index (Phi) is 3.80. The zero-order valence-corrected chi connectivity index (χ0v) is 9.20. The van der Waals surface area contributed by atoms with Gasteiger partial charge in [0.15, 0.2) is 15.6 Å². The molecule has 1 aromatic rings. The minimum Gasteiger partial charge on any atom is -0.294 e. The van der Waals surface area contributed by atoms with Gasteiger partial charge in [-0.3, -0.25) is 4.79 Å². The van der Waals surface area contributed by atoms with Crippen molar-refractivity contribution in [3.8, 4) is 0 Å². The van der Waals surface area contributed by atoms with Crippen LogP contribution in [-0.4, -0.2) is 20.0 Å². The van der Waals surface area contributed by atoms with Crippen molar-refractivity contribution in [3.05, 3.63) is 42.5 Å². The minimum absolute atomic E-state index is 0.183. The summed E-state index contributed by atoms with van der Waals surface area (Å²) >= 11 is 0. The third-order valence-electron chi connectivity index (χ3n) is 1.79.